The summed E-state index contributed by atoms with van der Waals surface area (Å²) < 4.78 is 0. The lowest BCUT2D eigenvalue weighted by Gasteiger charge is -2.05. The smallest absolute Gasteiger partial charge is 0.335 e. The minimum Gasteiger partial charge on any atom is -0.508 e. The van der Waals surface area contributed by atoms with Gasteiger partial charge in [-0.25, -0.2) is 4.79 Å². The number of aromatic carboxylic acids is 1. The molecule has 2 aromatic carbocycles. The first-order valence-corrected chi connectivity index (χ1v) is 5.66. The number of carbonyl (C=O) groups is 2. The molecule has 0 atom stereocenters. The standard InChI is InChI=1S/C15H12O4/c1-9-7-11(5-6-13(9)16)14(17)10-3-2-4-12(8-10)15(18)19/h2-8,16H,1H3,(H,18,19). The van der Waals surface area contributed by atoms with Crippen molar-refractivity contribution in [2.75, 3.05) is 0 Å². The molecular formula is C15H12O4. The number of benzene rings is 2. The molecule has 96 valence electrons. The zero-order valence-corrected chi connectivity index (χ0v) is 10.3. The Balaban J connectivity index is 2.41. The van der Waals surface area contributed by atoms with Crippen LogP contribution < -0.4 is 0 Å². The highest BCUT2D eigenvalue weighted by Gasteiger charge is 2.12. The van der Waals surface area contributed by atoms with Crippen molar-refractivity contribution < 1.29 is 19.8 Å². The van der Waals surface area contributed by atoms with Gasteiger partial charge in [0.2, 0.25) is 0 Å². The van der Waals surface area contributed by atoms with Crippen molar-refractivity contribution in [2.24, 2.45) is 0 Å². The topological polar surface area (TPSA) is 74.6 Å². The van der Waals surface area contributed by atoms with Crippen molar-refractivity contribution >= 4 is 11.8 Å². The number of phenols is 1. The lowest BCUT2D eigenvalue weighted by atomic mass is 10.00. The van der Waals surface area contributed by atoms with E-state index in [1.54, 1.807) is 19.1 Å². The molecule has 0 unspecified atom stereocenters. The summed E-state index contributed by atoms with van der Waals surface area (Å²) in [7, 11) is 0. The summed E-state index contributed by atoms with van der Waals surface area (Å²) in [5, 5.41) is 18.3. The Hall–Kier alpha value is -2.62. The van der Waals surface area contributed by atoms with Crippen LogP contribution in [0.15, 0.2) is 42.5 Å². The number of aryl methyl sites for hydroxylation is 1. The van der Waals surface area contributed by atoms with Crippen LogP contribution >= 0.6 is 0 Å². The zero-order valence-electron chi connectivity index (χ0n) is 10.3. The van der Waals surface area contributed by atoms with Crippen LogP contribution in [-0.2, 0) is 0 Å². The summed E-state index contributed by atoms with van der Waals surface area (Å²) in [5.74, 6) is -1.22. The SMILES string of the molecule is Cc1cc(C(=O)c2cccc(C(=O)O)c2)ccc1O. The largest absolute Gasteiger partial charge is 0.508 e. The molecule has 0 aliphatic rings. The fourth-order valence-corrected chi connectivity index (χ4v) is 1.76. The lowest BCUT2D eigenvalue weighted by Crippen LogP contribution is -2.04. The normalized spacial score (nSPS) is 10.2. The molecule has 19 heavy (non-hydrogen) atoms. The van der Waals surface area contributed by atoms with Gasteiger partial charge in [0.05, 0.1) is 5.56 Å². The molecule has 0 saturated heterocycles. The van der Waals surface area contributed by atoms with Crippen LogP contribution in [0, 0.1) is 6.92 Å². The van der Waals surface area contributed by atoms with Gasteiger partial charge < -0.3 is 10.2 Å². The van der Waals surface area contributed by atoms with Gasteiger partial charge in [-0.05, 0) is 42.8 Å². The Morgan fingerprint density at radius 2 is 1.58 bits per heavy atom. The van der Waals surface area contributed by atoms with E-state index < -0.39 is 5.97 Å². The quantitative estimate of drug-likeness (QED) is 0.828. The molecule has 2 aromatic rings. The Bertz CT molecular complexity index is 659. The van der Waals surface area contributed by atoms with Crippen molar-refractivity contribution in [2.45, 2.75) is 6.92 Å². The Labute approximate surface area is 109 Å². The van der Waals surface area contributed by atoms with Crippen molar-refractivity contribution in [1.82, 2.24) is 0 Å². The third-order valence-corrected chi connectivity index (χ3v) is 2.83. The molecule has 0 aromatic heterocycles. The average Bonchev–Trinajstić information content (AvgIpc) is 2.41. The fraction of sp³-hybridized carbons (Fsp3) is 0.0667. The van der Waals surface area contributed by atoms with E-state index in [2.05, 4.69) is 0 Å². The summed E-state index contributed by atoms with van der Waals surface area (Å²) in [6, 6.07) is 10.4. The number of hydrogen-bond donors (Lipinski definition) is 2. The van der Waals surface area contributed by atoms with Crippen molar-refractivity contribution in [3.8, 4) is 5.75 Å². The fourth-order valence-electron chi connectivity index (χ4n) is 1.76. The summed E-state index contributed by atoms with van der Waals surface area (Å²) >= 11 is 0. The van der Waals surface area contributed by atoms with Gasteiger partial charge in [0.15, 0.2) is 5.78 Å². The van der Waals surface area contributed by atoms with Crippen LogP contribution in [0.1, 0.15) is 31.8 Å². The lowest BCUT2D eigenvalue weighted by molar-refractivity contribution is 0.0697. The van der Waals surface area contributed by atoms with Gasteiger partial charge in [0, 0.05) is 11.1 Å². The van der Waals surface area contributed by atoms with Crippen LogP contribution in [0.4, 0.5) is 0 Å². The minimum atomic E-state index is -1.07. The van der Waals surface area contributed by atoms with Gasteiger partial charge >= 0.3 is 5.97 Å². The summed E-state index contributed by atoms with van der Waals surface area (Å²) in [6.07, 6.45) is 0. The molecule has 0 spiro atoms. The monoisotopic (exact) mass is 256 g/mol. The van der Waals surface area contributed by atoms with E-state index in [9.17, 15) is 14.7 Å². The highest BCUT2D eigenvalue weighted by Crippen LogP contribution is 2.19. The van der Waals surface area contributed by atoms with Crippen LogP contribution in [0.5, 0.6) is 5.75 Å². The Morgan fingerprint density at radius 1 is 0.947 bits per heavy atom. The van der Waals surface area contributed by atoms with Crippen molar-refractivity contribution in [1.29, 1.82) is 0 Å². The van der Waals surface area contributed by atoms with Crippen LogP contribution in [-0.4, -0.2) is 22.0 Å². The second kappa shape index (κ2) is 4.94. The predicted octanol–water partition coefficient (Wildman–Crippen LogP) is 2.63. The van der Waals surface area contributed by atoms with E-state index in [1.165, 1.54) is 30.3 Å². The zero-order chi connectivity index (χ0) is 14.0. The number of rotatable bonds is 3. The van der Waals surface area contributed by atoms with Gasteiger partial charge in [-0.1, -0.05) is 12.1 Å². The molecule has 2 rings (SSSR count). The summed E-state index contributed by atoms with van der Waals surface area (Å²) in [6.45, 7) is 1.69. The molecular weight excluding hydrogens is 244 g/mol. The highest BCUT2D eigenvalue weighted by atomic mass is 16.4. The highest BCUT2D eigenvalue weighted by molar-refractivity contribution is 6.10. The maximum absolute atomic E-state index is 12.2. The molecule has 0 amide bonds. The number of hydrogen-bond acceptors (Lipinski definition) is 3. The first kappa shape index (κ1) is 12.8. The molecule has 0 heterocycles. The van der Waals surface area contributed by atoms with Gasteiger partial charge in [-0.2, -0.15) is 0 Å². The van der Waals surface area contributed by atoms with E-state index >= 15 is 0 Å². The third kappa shape index (κ3) is 2.63. The van der Waals surface area contributed by atoms with E-state index in [0.29, 0.717) is 16.7 Å². The molecule has 0 radical (unpaired) electrons. The number of aromatic hydroxyl groups is 1. The van der Waals surface area contributed by atoms with E-state index in [4.69, 9.17) is 5.11 Å². The third-order valence-electron chi connectivity index (χ3n) is 2.83. The summed E-state index contributed by atoms with van der Waals surface area (Å²) in [4.78, 5) is 23.1. The van der Waals surface area contributed by atoms with Crippen molar-refractivity contribution in [3.63, 3.8) is 0 Å². The first-order valence-electron chi connectivity index (χ1n) is 5.66. The molecule has 2 N–H and O–H groups in total. The molecule has 0 aliphatic carbocycles. The molecule has 0 saturated carbocycles. The molecule has 0 bridgehead atoms. The second-order valence-electron chi connectivity index (χ2n) is 4.22. The Morgan fingerprint density at radius 3 is 2.21 bits per heavy atom. The predicted molar refractivity (Wildman–Crippen MR) is 69.7 cm³/mol. The van der Waals surface area contributed by atoms with Gasteiger partial charge in [-0.15, -0.1) is 0 Å². The number of carboxylic acids is 1. The van der Waals surface area contributed by atoms with Gasteiger partial charge in [-0.3, -0.25) is 4.79 Å². The van der Waals surface area contributed by atoms with E-state index in [0.717, 1.165) is 0 Å². The summed E-state index contributed by atoms with van der Waals surface area (Å²) in [5.41, 5.74) is 1.39. The maximum atomic E-state index is 12.2. The van der Waals surface area contributed by atoms with Crippen LogP contribution in [0.25, 0.3) is 0 Å². The molecule has 4 nitrogen and oxygen atoms in total. The van der Waals surface area contributed by atoms with Gasteiger partial charge in [0.1, 0.15) is 5.75 Å². The maximum Gasteiger partial charge on any atom is 0.335 e. The number of ketones is 1. The van der Waals surface area contributed by atoms with E-state index in [-0.39, 0.29) is 17.1 Å². The first-order chi connectivity index (χ1) is 8.99. The van der Waals surface area contributed by atoms with Crippen molar-refractivity contribution in [3.05, 3.63) is 64.7 Å². The number of carbonyl (C=O) groups excluding carboxylic acids is 1. The van der Waals surface area contributed by atoms with Gasteiger partial charge in [0.25, 0.3) is 0 Å². The minimum absolute atomic E-state index is 0.0707. The van der Waals surface area contributed by atoms with Crippen LogP contribution in [0.2, 0.25) is 0 Å². The number of carboxylic acid groups (broad SMARTS) is 1. The second-order valence-corrected chi connectivity index (χ2v) is 4.22. The van der Waals surface area contributed by atoms with E-state index in [1.807, 2.05) is 0 Å². The molecule has 0 aliphatic heterocycles. The number of phenolic OH excluding ortho intramolecular Hbond substituents is 1. The Kier molecular flexibility index (Phi) is 3.33. The molecule has 0 fully saturated rings. The average molecular weight is 256 g/mol. The van der Waals surface area contributed by atoms with Crippen LogP contribution in [0.3, 0.4) is 0 Å². The molecule has 4 heteroatoms.